The van der Waals surface area contributed by atoms with Crippen molar-refractivity contribution in [1.82, 2.24) is 10.2 Å². The fourth-order valence-electron chi connectivity index (χ4n) is 1.48. The van der Waals surface area contributed by atoms with Crippen molar-refractivity contribution in [2.24, 2.45) is 9.98 Å². The SMILES string of the molecule is C=N/C(=C\N=CC)c1nnc(SCc2c(Cl)cccc2Cl)s1. The van der Waals surface area contributed by atoms with Crippen LogP contribution in [0.5, 0.6) is 0 Å². The number of halogens is 2. The van der Waals surface area contributed by atoms with Crippen LogP contribution in [0, 0.1) is 0 Å². The Hall–Kier alpha value is -1.21. The Bertz CT molecular complexity index is 705. The molecule has 0 N–H and O–H groups in total. The first-order chi connectivity index (χ1) is 10.7. The molecule has 0 unspecified atom stereocenters. The van der Waals surface area contributed by atoms with E-state index in [1.807, 2.05) is 25.1 Å². The molecule has 0 radical (unpaired) electrons. The summed E-state index contributed by atoms with van der Waals surface area (Å²) < 4.78 is 0.806. The van der Waals surface area contributed by atoms with Crippen molar-refractivity contribution in [2.75, 3.05) is 0 Å². The number of rotatable bonds is 6. The van der Waals surface area contributed by atoms with Gasteiger partial charge in [0.05, 0.1) is 6.20 Å². The first-order valence-corrected chi connectivity index (χ1v) is 8.75. The van der Waals surface area contributed by atoms with Crippen LogP contribution in [0.2, 0.25) is 10.0 Å². The van der Waals surface area contributed by atoms with E-state index in [1.165, 1.54) is 23.1 Å². The normalized spacial score (nSPS) is 12.0. The zero-order valence-electron chi connectivity index (χ0n) is 11.7. The van der Waals surface area contributed by atoms with Gasteiger partial charge >= 0.3 is 0 Å². The summed E-state index contributed by atoms with van der Waals surface area (Å²) in [5.41, 5.74) is 1.49. The van der Waals surface area contributed by atoms with Gasteiger partial charge in [0.15, 0.2) is 9.35 Å². The summed E-state index contributed by atoms with van der Waals surface area (Å²) in [6.45, 7) is 5.35. The van der Waals surface area contributed by atoms with Crippen molar-refractivity contribution < 1.29 is 0 Å². The molecule has 1 heterocycles. The fraction of sp³-hybridized carbons (Fsp3) is 0.143. The Morgan fingerprint density at radius 3 is 2.73 bits per heavy atom. The minimum atomic E-state index is 0.596. The minimum absolute atomic E-state index is 0.596. The summed E-state index contributed by atoms with van der Waals surface area (Å²) in [5, 5.41) is 10.2. The van der Waals surface area contributed by atoms with Gasteiger partial charge in [-0.3, -0.25) is 9.98 Å². The van der Waals surface area contributed by atoms with Gasteiger partial charge < -0.3 is 0 Å². The Morgan fingerprint density at radius 2 is 2.09 bits per heavy atom. The highest BCUT2D eigenvalue weighted by Crippen LogP contribution is 2.33. The third-order valence-electron chi connectivity index (χ3n) is 2.54. The molecule has 0 saturated carbocycles. The lowest BCUT2D eigenvalue weighted by Gasteiger charge is -2.04. The van der Waals surface area contributed by atoms with Crippen molar-refractivity contribution >= 4 is 64.9 Å². The third kappa shape index (κ3) is 4.39. The molecule has 2 rings (SSSR count). The van der Waals surface area contributed by atoms with E-state index in [1.54, 1.807) is 12.4 Å². The van der Waals surface area contributed by atoms with E-state index in [-0.39, 0.29) is 0 Å². The maximum Gasteiger partial charge on any atom is 0.175 e. The average molecular weight is 371 g/mol. The van der Waals surface area contributed by atoms with E-state index < -0.39 is 0 Å². The molecule has 0 amide bonds. The van der Waals surface area contributed by atoms with Crippen molar-refractivity contribution in [3.05, 3.63) is 45.0 Å². The zero-order chi connectivity index (χ0) is 15.9. The van der Waals surface area contributed by atoms with E-state index >= 15 is 0 Å². The van der Waals surface area contributed by atoms with Crippen molar-refractivity contribution in [2.45, 2.75) is 17.0 Å². The van der Waals surface area contributed by atoms with Gasteiger partial charge in [0.2, 0.25) is 0 Å². The van der Waals surface area contributed by atoms with Gasteiger partial charge in [0, 0.05) is 22.0 Å². The summed E-state index contributed by atoms with van der Waals surface area (Å²) in [4.78, 5) is 7.93. The molecule has 0 aliphatic rings. The van der Waals surface area contributed by atoms with Crippen LogP contribution >= 0.6 is 46.3 Å². The number of hydrogen-bond acceptors (Lipinski definition) is 6. The van der Waals surface area contributed by atoms with Crippen LogP contribution in [0.15, 0.2) is 38.7 Å². The highest BCUT2D eigenvalue weighted by atomic mass is 35.5. The zero-order valence-corrected chi connectivity index (χ0v) is 14.8. The van der Waals surface area contributed by atoms with E-state index in [0.717, 1.165) is 9.90 Å². The predicted molar refractivity (Wildman–Crippen MR) is 97.6 cm³/mol. The highest BCUT2D eigenvalue weighted by Gasteiger charge is 2.11. The highest BCUT2D eigenvalue weighted by molar-refractivity contribution is 8.00. The summed E-state index contributed by atoms with van der Waals surface area (Å²) >= 11 is 15.3. The second kappa shape index (κ2) is 8.43. The molecule has 0 aliphatic heterocycles. The Kier molecular flexibility index (Phi) is 6.57. The molecular weight excluding hydrogens is 359 g/mol. The molecule has 0 spiro atoms. The smallest absolute Gasteiger partial charge is 0.175 e. The van der Waals surface area contributed by atoms with Crippen molar-refractivity contribution in [1.29, 1.82) is 0 Å². The Morgan fingerprint density at radius 1 is 1.36 bits per heavy atom. The van der Waals surface area contributed by atoms with Crippen molar-refractivity contribution in [3.8, 4) is 0 Å². The molecule has 1 aromatic carbocycles. The number of aliphatic imine (C=N–C) groups is 2. The lowest BCUT2D eigenvalue weighted by Crippen LogP contribution is -1.84. The quantitative estimate of drug-likeness (QED) is 0.516. The third-order valence-corrected chi connectivity index (χ3v) is 5.36. The number of benzene rings is 1. The maximum atomic E-state index is 6.15. The minimum Gasteiger partial charge on any atom is -0.267 e. The van der Waals surface area contributed by atoms with Crippen LogP contribution in [0.1, 0.15) is 17.5 Å². The van der Waals surface area contributed by atoms with Crippen LogP contribution in [0.4, 0.5) is 0 Å². The van der Waals surface area contributed by atoms with E-state index in [4.69, 9.17) is 23.2 Å². The molecule has 2 aromatic rings. The molecule has 0 atom stereocenters. The van der Waals surface area contributed by atoms with Gasteiger partial charge in [-0.1, -0.05) is 52.4 Å². The Labute approximate surface area is 147 Å². The molecule has 0 bridgehead atoms. The van der Waals surface area contributed by atoms with Crippen LogP contribution in [-0.4, -0.2) is 23.1 Å². The molecule has 22 heavy (non-hydrogen) atoms. The largest absolute Gasteiger partial charge is 0.267 e. The van der Waals surface area contributed by atoms with Crippen LogP contribution in [-0.2, 0) is 5.75 Å². The number of aromatic nitrogens is 2. The summed E-state index contributed by atoms with van der Waals surface area (Å²) in [6, 6.07) is 5.46. The summed E-state index contributed by atoms with van der Waals surface area (Å²) in [7, 11) is 0. The Balaban J connectivity index is 2.11. The molecule has 4 nitrogen and oxygen atoms in total. The first kappa shape index (κ1) is 17.1. The molecule has 1 aromatic heterocycles. The molecule has 8 heteroatoms. The molecular formula is C14H12Cl2N4S2. The van der Waals surface area contributed by atoms with Gasteiger partial charge in [0.1, 0.15) is 5.70 Å². The summed E-state index contributed by atoms with van der Waals surface area (Å²) in [6.07, 6.45) is 3.27. The average Bonchev–Trinajstić information content (AvgIpc) is 2.96. The van der Waals surface area contributed by atoms with E-state index in [0.29, 0.717) is 26.5 Å². The van der Waals surface area contributed by atoms with E-state index in [9.17, 15) is 0 Å². The second-order valence-electron chi connectivity index (χ2n) is 3.94. The topological polar surface area (TPSA) is 50.5 Å². The fourth-order valence-corrected chi connectivity index (χ4v) is 4.05. The first-order valence-electron chi connectivity index (χ1n) is 6.20. The van der Waals surface area contributed by atoms with Gasteiger partial charge in [-0.2, -0.15) is 0 Å². The summed E-state index contributed by atoms with van der Waals surface area (Å²) in [5.74, 6) is 0.626. The lowest BCUT2D eigenvalue weighted by molar-refractivity contribution is 0.997. The monoisotopic (exact) mass is 370 g/mol. The standard InChI is InChI=1S/C14H12Cl2N4S2/c1-3-18-7-12(17-2)13-19-20-14(22-13)21-8-9-10(15)5-4-6-11(9)16/h3-7H,2,8H2,1H3/b12-7-,18-3?. The molecule has 0 saturated heterocycles. The molecule has 114 valence electrons. The molecule has 0 fully saturated rings. The molecule has 0 aliphatic carbocycles. The van der Waals surface area contributed by atoms with Crippen molar-refractivity contribution in [3.63, 3.8) is 0 Å². The predicted octanol–water partition coefficient (Wildman–Crippen LogP) is 5.23. The van der Waals surface area contributed by atoms with E-state index in [2.05, 4.69) is 26.9 Å². The number of thioether (sulfide) groups is 1. The number of hydrogen-bond donors (Lipinski definition) is 0. The van der Waals surface area contributed by atoms with Gasteiger partial charge in [-0.25, -0.2) is 0 Å². The van der Waals surface area contributed by atoms with Gasteiger partial charge in [-0.05, 0) is 31.3 Å². The van der Waals surface area contributed by atoms with Crippen LogP contribution < -0.4 is 0 Å². The van der Waals surface area contributed by atoms with Gasteiger partial charge in [0.25, 0.3) is 0 Å². The number of nitrogens with zero attached hydrogens (tertiary/aromatic N) is 4. The van der Waals surface area contributed by atoms with Crippen LogP contribution in [0.3, 0.4) is 0 Å². The second-order valence-corrected chi connectivity index (χ2v) is 6.96. The lowest BCUT2D eigenvalue weighted by atomic mass is 10.2. The van der Waals surface area contributed by atoms with Crippen LogP contribution in [0.25, 0.3) is 5.70 Å². The maximum absolute atomic E-state index is 6.15. The van der Waals surface area contributed by atoms with Gasteiger partial charge in [-0.15, -0.1) is 10.2 Å².